The molecule has 1 saturated heterocycles. The van der Waals surface area contributed by atoms with Crippen LogP contribution < -0.4 is 20.1 Å². The summed E-state index contributed by atoms with van der Waals surface area (Å²) < 4.78 is 10.9. The molecule has 2 heterocycles. The molecule has 7 nitrogen and oxygen atoms in total. The monoisotopic (exact) mass is 291 g/mol. The molecule has 0 aromatic heterocycles. The molecule has 2 N–H and O–H groups in total. The molecule has 1 fully saturated rings. The van der Waals surface area contributed by atoms with Crippen LogP contribution >= 0.6 is 0 Å². The number of benzene rings is 1. The fourth-order valence-electron chi connectivity index (χ4n) is 2.36. The fraction of sp³-hybridized carbons (Fsp3) is 0.429. The summed E-state index contributed by atoms with van der Waals surface area (Å²) in [6, 6.07) is 4.58. The molecule has 0 radical (unpaired) electrons. The minimum Gasteiger partial charge on any atom is -0.486 e. The first-order chi connectivity index (χ1) is 10.1. The lowest BCUT2D eigenvalue weighted by Gasteiger charge is -2.22. The molecular formula is C14H17N3O4. The van der Waals surface area contributed by atoms with E-state index in [4.69, 9.17) is 9.47 Å². The van der Waals surface area contributed by atoms with Crippen LogP contribution in [0.4, 0.5) is 10.5 Å². The Labute approximate surface area is 122 Å². The maximum absolute atomic E-state index is 12.2. The molecule has 0 saturated carbocycles. The van der Waals surface area contributed by atoms with Crippen LogP contribution in [0.25, 0.3) is 0 Å². The van der Waals surface area contributed by atoms with E-state index in [2.05, 4.69) is 10.6 Å². The molecule has 0 aliphatic carbocycles. The van der Waals surface area contributed by atoms with Gasteiger partial charge in [-0.1, -0.05) is 0 Å². The summed E-state index contributed by atoms with van der Waals surface area (Å²) in [4.78, 5) is 24.9. The summed E-state index contributed by atoms with van der Waals surface area (Å²) in [5.74, 6) is 1.11. The minimum atomic E-state index is -0.503. The van der Waals surface area contributed by atoms with Gasteiger partial charge in [-0.3, -0.25) is 9.69 Å². The number of hydrogen-bond donors (Lipinski definition) is 2. The highest BCUT2D eigenvalue weighted by atomic mass is 16.6. The highest BCUT2D eigenvalue weighted by Crippen LogP contribution is 2.32. The van der Waals surface area contributed by atoms with Gasteiger partial charge < -0.3 is 20.1 Å². The summed E-state index contributed by atoms with van der Waals surface area (Å²) in [5, 5.41) is 5.69. The predicted molar refractivity (Wildman–Crippen MR) is 75.6 cm³/mol. The topological polar surface area (TPSA) is 79.9 Å². The van der Waals surface area contributed by atoms with Crippen LogP contribution in [0.1, 0.15) is 6.92 Å². The van der Waals surface area contributed by atoms with Gasteiger partial charge in [-0.2, -0.15) is 0 Å². The van der Waals surface area contributed by atoms with E-state index in [1.54, 1.807) is 19.1 Å². The van der Waals surface area contributed by atoms with E-state index in [-0.39, 0.29) is 11.9 Å². The van der Waals surface area contributed by atoms with E-state index in [9.17, 15) is 9.59 Å². The summed E-state index contributed by atoms with van der Waals surface area (Å²) in [5.41, 5.74) is 0.750. The normalized spacial score (nSPS) is 18.1. The van der Waals surface area contributed by atoms with Crippen molar-refractivity contribution in [1.82, 2.24) is 10.2 Å². The number of nitrogens with one attached hydrogen (secondary N) is 2. The van der Waals surface area contributed by atoms with Crippen molar-refractivity contribution in [2.24, 2.45) is 0 Å². The Morgan fingerprint density at radius 1 is 1.33 bits per heavy atom. The molecule has 3 rings (SSSR count). The molecule has 0 spiro atoms. The summed E-state index contributed by atoms with van der Waals surface area (Å²) >= 11 is 0. The third-order valence-corrected chi connectivity index (χ3v) is 3.42. The number of urea groups is 1. The van der Waals surface area contributed by atoms with Crippen LogP contribution in [0.2, 0.25) is 0 Å². The van der Waals surface area contributed by atoms with Crippen LogP contribution in [-0.4, -0.2) is 49.2 Å². The van der Waals surface area contributed by atoms with Gasteiger partial charge in [0.05, 0.1) is 0 Å². The molecule has 112 valence electrons. The summed E-state index contributed by atoms with van der Waals surface area (Å²) in [6.07, 6.45) is 0. The molecule has 21 heavy (non-hydrogen) atoms. The number of fused-ring (bicyclic) bond motifs is 1. The third kappa shape index (κ3) is 2.72. The van der Waals surface area contributed by atoms with Crippen molar-refractivity contribution >= 4 is 17.6 Å². The van der Waals surface area contributed by atoms with Crippen LogP contribution in [0.5, 0.6) is 11.5 Å². The number of imide groups is 1. The lowest BCUT2D eigenvalue weighted by molar-refractivity contribution is -0.128. The van der Waals surface area contributed by atoms with Gasteiger partial charge in [-0.05, 0) is 19.1 Å². The second kappa shape index (κ2) is 5.51. The maximum atomic E-state index is 12.2. The second-order valence-corrected chi connectivity index (χ2v) is 4.95. The maximum Gasteiger partial charge on any atom is 0.324 e. The van der Waals surface area contributed by atoms with Crippen LogP contribution in [0, 0.1) is 0 Å². The number of anilines is 1. The van der Waals surface area contributed by atoms with Gasteiger partial charge in [-0.15, -0.1) is 0 Å². The Morgan fingerprint density at radius 2 is 2.10 bits per heavy atom. The van der Waals surface area contributed by atoms with Crippen molar-refractivity contribution in [2.45, 2.75) is 13.0 Å². The largest absolute Gasteiger partial charge is 0.486 e. The zero-order valence-corrected chi connectivity index (χ0v) is 11.7. The molecule has 1 aromatic rings. The minimum absolute atomic E-state index is 0.250. The van der Waals surface area contributed by atoms with E-state index in [1.165, 1.54) is 4.90 Å². The van der Waals surface area contributed by atoms with E-state index >= 15 is 0 Å². The van der Waals surface area contributed by atoms with Crippen LogP contribution in [0.3, 0.4) is 0 Å². The van der Waals surface area contributed by atoms with Crippen molar-refractivity contribution < 1.29 is 19.1 Å². The number of nitrogens with zero attached hydrogens (tertiary/aromatic N) is 1. The molecule has 3 amide bonds. The first-order valence-electron chi connectivity index (χ1n) is 6.90. The third-order valence-electron chi connectivity index (χ3n) is 3.42. The first-order valence-corrected chi connectivity index (χ1v) is 6.90. The number of rotatable bonds is 3. The van der Waals surface area contributed by atoms with Gasteiger partial charge in [-0.25, -0.2) is 4.79 Å². The van der Waals surface area contributed by atoms with Gasteiger partial charge in [0.25, 0.3) is 5.91 Å². The Bertz CT molecular complexity index is 575. The molecule has 0 bridgehead atoms. The van der Waals surface area contributed by atoms with Crippen molar-refractivity contribution in [3.8, 4) is 11.5 Å². The zero-order chi connectivity index (χ0) is 14.8. The Kier molecular flexibility index (Phi) is 3.55. The SMILES string of the molecule is CC(Nc1ccc2c(c1)OCCO2)C(=O)N1CCNC1=O. The summed E-state index contributed by atoms with van der Waals surface area (Å²) in [6.45, 7) is 3.69. The van der Waals surface area contributed by atoms with Crippen LogP contribution in [0.15, 0.2) is 18.2 Å². The number of carbonyl (C=O) groups is 2. The molecule has 2 aliphatic heterocycles. The first kappa shape index (κ1) is 13.5. The number of carbonyl (C=O) groups excluding carboxylic acids is 2. The van der Waals surface area contributed by atoms with Gasteiger partial charge >= 0.3 is 6.03 Å². The molecule has 1 unspecified atom stereocenters. The van der Waals surface area contributed by atoms with Gasteiger partial charge in [0.1, 0.15) is 19.3 Å². The molecule has 2 aliphatic rings. The quantitative estimate of drug-likeness (QED) is 0.861. The van der Waals surface area contributed by atoms with E-state index in [0.717, 1.165) is 5.69 Å². The lowest BCUT2D eigenvalue weighted by Crippen LogP contribution is -2.43. The molecule has 7 heteroatoms. The number of amides is 3. The molecule has 1 aromatic carbocycles. The fourth-order valence-corrected chi connectivity index (χ4v) is 2.36. The molecular weight excluding hydrogens is 274 g/mol. The second-order valence-electron chi connectivity index (χ2n) is 4.95. The Morgan fingerprint density at radius 3 is 2.81 bits per heavy atom. The highest BCUT2D eigenvalue weighted by molar-refractivity contribution is 5.99. The van der Waals surface area contributed by atoms with Crippen LogP contribution in [-0.2, 0) is 4.79 Å². The average Bonchev–Trinajstić information content (AvgIpc) is 2.92. The highest BCUT2D eigenvalue weighted by Gasteiger charge is 2.29. The van der Waals surface area contributed by atoms with Crippen molar-refractivity contribution in [3.63, 3.8) is 0 Å². The van der Waals surface area contributed by atoms with Gasteiger partial charge in [0.2, 0.25) is 0 Å². The van der Waals surface area contributed by atoms with Crippen molar-refractivity contribution in [1.29, 1.82) is 0 Å². The zero-order valence-electron chi connectivity index (χ0n) is 11.7. The molecule has 1 atom stereocenters. The average molecular weight is 291 g/mol. The Hall–Kier alpha value is -2.44. The van der Waals surface area contributed by atoms with E-state index in [0.29, 0.717) is 37.8 Å². The van der Waals surface area contributed by atoms with E-state index < -0.39 is 6.04 Å². The number of hydrogen-bond acceptors (Lipinski definition) is 5. The lowest BCUT2D eigenvalue weighted by atomic mass is 10.2. The summed E-state index contributed by atoms with van der Waals surface area (Å²) in [7, 11) is 0. The Balaban J connectivity index is 1.68. The van der Waals surface area contributed by atoms with E-state index in [1.807, 2.05) is 6.07 Å². The standard InChI is InChI=1S/C14H17N3O4/c1-9(13(18)17-5-4-15-14(17)19)16-10-2-3-11-12(8-10)21-7-6-20-11/h2-3,8-9,16H,4-7H2,1H3,(H,15,19). The predicted octanol–water partition coefficient (Wildman–Crippen LogP) is 0.810. The smallest absolute Gasteiger partial charge is 0.324 e. The van der Waals surface area contributed by atoms with Crippen molar-refractivity contribution in [3.05, 3.63) is 18.2 Å². The van der Waals surface area contributed by atoms with Gasteiger partial charge in [0.15, 0.2) is 11.5 Å². The van der Waals surface area contributed by atoms with Gasteiger partial charge in [0, 0.05) is 24.8 Å². The van der Waals surface area contributed by atoms with Crippen molar-refractivity contribution in [2.75, 3.05) is 31.6 Å². The number of ether oxygens (including phenoxy) is 2.